The molecule has 2 aliphatic heterocycles. The number of nitrogens with zero attached hydrogens (tertiary/aromatic N) is 2. The van der Waals surface area contributed by atoms with Gasteiger partial charge in [-0.05, 0) is 77.3 Å². The van der Waals surface area contributed by atoms with E-state index in [2.05, 4.69) is 105 Å². The van der Waals surface area contributed by atoms with Crippen molar-refractivity contribution < 1.29 is 14.3 Å². The number of ether oxygens (including phenoxy) is 2. The van der Waals surface area contributed by atoms with Crippen LogP contribution in [0.3, 0.4) is 0 Å². The highest BCUT2D eigenvalue weighted by Crippen LogP contribution is 2.32. The largest absolute Gasteiger partial charge is 0.454 e. The lowest BCUT2D eigenvalue weighted by Crippen LogP contribution is -2.52. The minimum atomic E-state index is 0.103. The summed E-state index contributed by atoms with van der Waals surface area (Å²) in [6.45, 7) is 5.44. The van der Waals surface area contributed by atoms with Crippen molar-refractivity contribution in [2.45, 2.75) is 83.2 Å². The number of hydrogen-bond donors (Lipinski definition) is 2. The first-order valence-corrected chi connectivity index (χ1v) is 17.8. The number of carbonyl (C=O) groups excluding carboxylic acids is 1. The molecule has 250 valence electrons. The van der Waals surface area contributed by atoms with Crippen LogP contribution in [-0.4, -0.2) is 47.8 Å². The summed E-state index contributed by atoms with van der Waals surface area (Å²) < 4.78 is 10.9. The van der Waals surface area contributed by atoms with Gasteiger partial charge in [-0.15, -0.1) is 0 Å². The zero-order chi connectivity index (χ0) is 32.5. The highest BCUT2D eigenvalue weighted by molar-refractivity contribution is 5.75. The highest BCUT2D eigenvalue weighted by Gasteiger charge is 2.30. The van der Waals surface area contributed by atoms with E-state index in [1.165, 1.54) is 52.6 Å². The van der Waals surface area contributed by atoms with E-state index in [1.54, 1.807) is 0 Å². The van der Waals surface area contributed by atoms with Gasteiger partial charge in [0.2, 0.25) is 6.79 Å². The third-order valence-corrected chi connectivity index (χ3v) is 10.1. The molecule has 0 aromatic heterocycles. The Morgan fingerprint density at radius 2 is 1.42 bits per heavy atom. The molecule has 1 saturated carbocycles. The fraction of sp³-hybridized carbons (Fsp3) is 0.390. The summed E-state index contributed by atoms with van der Waals surface area (Å²) >= 11 is 0. The van der Waals surface area contributed by atoms with Crippen molar-refractivity contribution in [2.24, 2.45) is 0 Å². The molecule has 7 nitrogen and oxygen atoms in total. The van der Waals surface area contributed by atoms with E-state index in [0.717, 1.165) is 69.9 Å². The third kappa shape index (κ3) is 8.38. The van der Waals surface area contributed by atoms with Gasteiger partial charge < -0.3 is 25.0 Å². The molecule has 0 atom stereocenters. The first-order valence-electron chi connectivity index (χ1n) is 17.8. The molecule has 2 heterocycles. The summed E-state index contributed by atoms with van der Waals surface area (Å²) in [5.74, 6) is 1.63. The van der Waals surface area contributed by atoms with Gasteiger partial charge in [0.05, 0.1) is 0 Å². The van der Waals surface area contributed by atoms with Crippen molar-refractivity contribution in [2.75, 3.05) is 19.9 Å². The Morgan fingerprint density at radius 1 is 0.688 bits per heavy atom. The lowest BCUT2D eigenvalue weighted by atomic mass is 9.95. The summed E-state index contributed by atoms with van der Waals surface area (Å²) in [7, 11) is 0. The fourth-order valence-electron chi connectivity index (χ4n) is 7.36. The normalized spacial score (nSPS) is 16.9. The molecule has 0 spiro atoms. The van der Waals surface area contributed by atoms with Crippen LogP contribution in [-0.2, 0) is 26.2 Å². The summed E-state index contributed by atoms with van der Waals surface area (Å²) in [6.07, 6.45) is 7.87. The average Bonchev–Trinajstić information content (AvgIpc) is 3.61. The molecule has 7 rings (SSSR count). The Kier molecular flexibility index (Phi) is 10.5. The Labute approximate surface area is 285 Å². The predicted molar refractivity (Wildman–Crippen MR) is 191 cm³/mol. The van der Waals surface area contributed by atoms with Crippen LogP contribution >= 0.6 is 0 Å². The molecule has 1 saturated heterocycles. The van der Waals surface area contributed by atoms with Crippen LogP contribution in [0.4, 0.5) is 4.79 Å². The molecule has 2 fully saturated rings. The maximum Gasteiger partial charge on any atom is 0.318 e. The topological polar surface area (TPSA) is 66.1 Å². The van der Waals surface area contributed by atoms with E-state index in [1.807, 2.05) is 12.1 Å². The van der Waals surface area contributed by atoms with Crippen LogP contribution in [0.25, 0.3) is 11.1 Å². The summed E-state index contributed by atoms with van der Waals surface area (Å²) in [4.78, 5) is 18.6. The van der Waals surface area contributed by atoms with E-state index in [4.69, 9.17) is 9.47 Å². The van der Waals surface area contributed by atoms with Crippen molar-refractivity contribution in [3.8, 4) is 22.6 Å². The van der Waals surface area contributed by atoms with Crippen LogP contribution in [0.5, 0.6) is 11.5 Å². The van der Waals surface area contributed by atoms with Gasteiger partial charge in [-0.25, -0.2) is 4.79 Å². The maximum atomic E-state index is 13.9. The Hall–Kier alpha value is -4.33. The fourth-order valence-corrected chi connectivity index (χ4v) is 7.36. The van der Waals surface area contributed by atoms with Gasteiger partial charge in [0.15, 0.2) is 11.5 Å². The van der Waals surface area contributed by atoms with E-state index in [0.29, 0.717) is 19.4 Å². The van der Waals surface area contributed by atoms with Gasteiger partial charge >= 0.3 is 6.03 Å². The van der Waals surface area contributed by atoms with Gasteiger partial charge in [-0.3, -0.25) is 4.90 Å². The maximum absolute atomic E-state index is 13.9. The summed E-state index contributed by atoms with van der Waals surface area (Å²) in [5, 5.41) is 6.98. The van der Waals surface area contributed by atoms with Gasteiger partial charge in [0.25, 0.3) is 0 Å². The molecule has 0 unspecified atom stereocenters. The molecule has 3 aliphatic rings. The van der Waals surface area contributed by atoms with Crippen molar-refractivity contribution >= 4 is 6.03 Å². The van der Waals surface area contributed by atoms with E-state index in [9.17, 15) is 4.79 Å². The molecule has 0 radical (unpaired) electrons. The molecule has 1 aliphatic carbocycles. The van der Waals surface area contributed by atoms with Gasteiger partial charge in [-0.1, -0.05) is 98.1 Å². The number of amides is 2. The van der Waals surface area contributed by atoms with E-state index < -0.39 is 0 Å². The number of urea groups is 1. The Morgan fingerprint density at radius 3 is 2.23 bits per heavy atom. The number of nitrogens with one attached hydrogen (secondary N) is 2. The second-order valence-electron chi connectivity index (χ2n) is 13.6. The SMILES string of the molecule is O=C(NC1CCCCC1)N(Cc1cccc(-c2ccc(CNCc3ccc4c(c3)OCO4)cc2)c1)C1CCN(Cc2ccccc2)CC1. The van der Waals surface area contributed by atoms with Crippen LogP contribution in [0.1, 0.15) is 67.2 Å². The molecular weight excluding hydrogens is 596 g/mol. The van der Waals surface area contributed by atoms with Crippen molar-refractivity contribution in [1.82, 2.24) is 20.4 Å². The Balaban J connectivity index is 0.980. The highest BCUT2D eigenvalue weighted by atomic mass is 16.7. The standard InChI is InChI=1S/C41H48N4O3/c46-41(43-37-12-5-2-6-13-37)45(38-20-22-44(23-21-38)28-32-8-3-1-4-9-32)29-34-10-7-11-36(24-34)35-17-14-31(15-18-35)26-42-27-33-16-19-39-40(25-33)48-30-47-39/h1,3-4,7-11,14-19,24-25,37-38,42H,2,5-6,12-13,20-23,26-30H2,(H,43,46). The molecular formula is C41H48N4O3. The first-order chi connectivity index (χ1) is 23.7. The number of likely N-dealkylation sites (tertiary alicyclic amines) is 1. The van der Waals surface area contributed by atoms with Gasteiger partial charge in [0.1, 0.15) is 0 Å². The molecule has 4 aromatic carbocycles. The monoisotopic (exact) mass is 644 g/mol. The minimum Gasteiger partial charge on any atom is -0.454 e. The van der Waals surface area contributed by atoms with Gasteiger partial charge in [0, 0.05) is 51.4 Å². The molecule has 4 aromatic rings. The zero-order valence-corrected chi connectivity index (χ0v) is 27.9. The second-order valence-corrected chi connectivity index (χ2v) is 13.6. The predicted octanol–water partition coefficient (Wildman–Crippen LogP) is 7.88. The van der Waals surface area contributed by atoms with Gasteiger partial charge in [-0.2, -0.15) is 0 Å². The molecule has 0 bridgehead atoms. The lowest BCUT2D eigenvalue weighted by Gasteiger charge is -2.39. The molecule has 2 N–H and O–H groups in total. The lowest BCUT2D eigenvalue weighted by molar-refractivity contribution is 0.110. The Bertz CT molecular complexity index is 1630. The summed E-state index contributed by atoms with van der Waals surface area (Å²) in [5.41, 5.74) is 7.30. The summed E-state index contributed by atoms with van der Waals surface area (Å²) in [6, 6.07) is 35.0. The smallest absolute Gasteiger partial charge is 0.318 e. The number of carbonyl (C=O) groups is 1. The number of fused-ring (bicyclic) bond motifs is 1. The quantitative estimate of drug-likeness (QED) is 0.174. The van der Waals surface area contributed by atoms with Crippen LogP contribution in [0, 0.1) is 0 Å². The molecule has 48 heavy (non-hydrogen) atoms. The first kappa shape index (κ1) is 32.2. The second kappa shape index (κ2) is 15.7. The number of hydrogen-bond acceptors (Lipinski definition) is 5. The van der Waals surface area contributed by atoms with Crippen molar-refractivity contribution in [3.63, 3.8) is 0 Å². The molecule has 2 amide bonds. The third-order valence-electron chi connectivity index (χ3n) is 10.1. The number of rotatable bonds is 11. The van der Waals surface area contributed by atoms with E-state index in [-0.39, 0.29) is 12.1 Å². The minimum absolute atomic E-state index is 0.103. The van der Waals surface area contributed by atoms with Crippen LogP contribution in [0.15, 0.2) is 97.1 Å². The van der Waals surface area contributed by atoms with Crippen LogP contribution in [0.2, 0.25) is 0 Å². The number of piperidine rings is 1. The average molecular weight is 645 g/mol. The van der Waals surface area contributed by atoms with Crippen LogP contribution < -0.4 is 20.1 Å². The zero-order valence-electron chi connectivity index (χ0n) is 27.9. The number of benzene rings is 4. The van der Waals surface area contributed by atoms with Crippen molar-refractivity contribution in [1.29, 1.82) is 0 Å². The molecule has 7 heteroatoms. The van der Waals surface area contributed by atoms with Crippen molar-refractivity contribution in [3.05, 3.63) is 119 Å². The van der Waals surface area contributed by atoms with E-state index >= 15 is 0 Å².